The van der Waals surface area contributed by atoms with Crippen LogP contribution < -0.4 is 11.2 Å². The van der Waals surface area contributed by atoms with Crippen LogP contribution in [0.1, 0.15) is 12.0 Å². The molecule has 0 bridgehead atoms. The second-order valence-corrected chi connectivity index (χ2v) is 8.86. The molecule has 1 aliphatic rings. The van der Waals surface area contributed by atoms with Crippen LogP contribution >= 0.6 is 11.6 Å². The predicted molar refractivity (Wildman–Crippen MR) is 124 cm³/mol. The number of halogens is 1. The fraction of sp³-hybridized carbons (Fsp3) is 0.500. The van der Waals surface area contributed by atoms with Crippen molar-refractivity contribution in [2.45, 2.75) is 25.6 Å². The van der Waals surface area contributed by atoms with Crippen LogP contribution in [0.2, 0.25) is 5.02 Å². The Morgan fingerprint density at radius 3 is 2.53 bits per heavy atom. The number of fused-ring (bicyclic) bond motifs is 1. The normalized spacial score (nSPS) is 17.0. The minimum absolute atomic E-state index is 0.240. The monoisotopic (exact) mass is 460 g/mol. The largest absolute Gasteiger partial charge is 0.390 e. The average molecular weight is 461 g/mol. The van der Waals surface area contributed by atoms with E-state index in [1.165, 1.54) is 17.9 Å². The summed E-state index contributed by atoms with van der Waals surface area (Å²) in [6.45, 7) is 5.19. The lowest BCUT2D eigenvalue weighted by molar-refractivity contribution is 0.100. The van der Waals surface area contributed by atoms with Gasteiger partial charge in [0.15, 0.2) is 11.2 Å². The van der Waals surface area contributed by atoms with Crippen molar-refractivity contribution >= 4 is 22.8 Å². The van der Waals surface area contributed by atoms with E-state index in [-0.39, 0.29) is 6.54 Å². The summed E-state index contributed by atoms with van der Waals surface area (Å²) in [4.78, 5) is 33.6. The van der Waals surface area contributed by atoms with E-state index in [0.717, 1.165) is 54.3 Å². The Morgan fingerprint density at radius 2 is 1.75 bits per heavy atom. The molecular weight excluding hydrogens is 432 g/mol. The number of benzene rings is 1. The van der Waals surface area contributed by atoms with Crippen LogP contribution in [0.25, 0.3) is 11.2 Å². The maximum absolute atomic E-state index is 12.6. The lowest BCUT2D eigenvalue weighted by Gasteiger charge is -2.24. The van der Waals surface area contributed by atoms with Crippen molar-refractivity contribution in [3.05, 3.63) is 62.0 Å². The van der Waals surface area contributed by atoms with Crippen LogP contribution in [0.5, 0.6) is 0 Å². The van der Waals surface area contributed by atoms with Gasteiger partial charge in [0.2, 0.25) is 0 Å². The molecule has 4 rings (SSSR count). The number of aliphatic hydroxyl groups is 1. The van der Waals surface area contributed by atoms with Gasteiger partial charge in [0.25, 0.3) is 5.56 Å². The lowest BCUT2D eigenvalue weighted by atomic mass is 10.2. The Kier molecular flexibility index (Phi) is 6.80. The van der Waals surface area contributed by atoms with E-state index in [0.29, 0.717) is 17.7 Å². The molecule has 1 unspecified atom stereocenters. The number of rotatable bonds is 6. The Bertz CT molecular complexity index is 1220. The van der Waals surface area contributed by atoms with Gasteiger partial charge in [0.05, 0.1) is 19.0 Å². The number of hydrogen-bond acceptors (Lipinski definition) is 6. The topological polar surface area (TPSA) is 88.5 Å². The molecule has 1 atom stereocenters. The molecule has 2 aromatic heterocycles. The Hall–Kier alpha value is -2.46. The van der Waals surface area contributed by atoms with Crippen molar-refractivity contribution in [3.63, 3.8) is 0 Å². The Balaban J connectivity index is 1.39. The summed E-state index contributed by atoms with van der Waals surface area (Å²) in [6.07, 6.45) is 1.86. The van der Waals surface area contributed by atoms with E-state index in [4.69, 9.17) is 11.6 Å². The molecule has 1 saturated heterocycles. The van der Waals surface area contributed by atoms with Crippen LogP contribution in [0, 0.1) is 0 Å². The first kappa shape index (κ1) is 22.7. The van der Waals surface area contributed by atoms with Crippen molar-refractivity contribution in [3.8, 4) is 0 Å². The summed E-state index contributed by atoms with van der Waals surface area (Å²) < 4.78 is 4.06. The van der Waals surface area contributed by atoms with Gasteiger partial charge in [0.1, 0.15) is 0 Å². The zero-order valence-electron chi connectivity index (χ0n) is 18.4. The molecule has 0 spiro atoms. The summed E-state index contributed by atoms with van der Waals surface area (Å²) >= 11 is 6.31. The first-order chi connectivity index (χ1) is 15.3. The second-order valence-electron chi connectivity index (χ2n) is 8.45. The van der Waals surface area contributed by atoms with E-state index in [9.17, 15) is 14.7 Å². The third-order valence-corrected chi connectivity index (χ3v) is 6.50. The van der Waals surface area contributed by atoms with Crippen LogP contribution in [0.4, 0.5) is 0 Å². The quantitative estimate of drug-likeness (QED) is 0.581. The number of aliphatic hydroxyl groups excluding tert-OH is 1. The van der Waals surface area contributed by atoms with E-state index in [1.807, 2.05) is 18.2 Å². The molecule has 0 amide bonds. The molecule has 0 aliphatic carbocycles. The van der Waals surface area contributed by atoms with Crippen molar-refractivity contribution in [1.82, 2.24) is 28.5 Å². The molecule has 3 heterocycles. The van der Waals surface area contributed by atoms with Gasteiger partial charge in [-0.1, -0.05) is 29.8 Å². The average Bonchev–Trinajstić information content (AvgIpc) is 3.06. The molecule has 10 heteroatoms. The maximum Gasteiger partial charge on any atom is 0.332 e. The minimum atomic E-state index is -0.663. The molecule has 0 radical (unpaired) electrons. The van der Waals surface area contributed by atoms with E-state index < -0.39 is 17.4 Å². The van der Waals surface area contributed by atoms with Gasteiger partial charge in [-0.3, -0.25) is 23.7 Å². The van der Waals surface area contributed by atoms with Gasteiger partial charge in [0, 0.05) is 45.3 Å². The Labute approximate surface area is 191 Å². The van der Waals surface area contributed by atoms with Gasteiger partial charge in [-0.2, -0.15) is 0 Å². The number of hydrogen-bond donors (Lipinski definition) is 1. The highest BCUT2D eigenvalue weighted by atomic mass is 35.5. The first-order valence-electron chi connectivity index (χ1n) is 10.8. The number of aryl methyl sites for hydroxylation is 1. The molecule has 0 saturated carbocycles. The number of aromatic nitrogens is 4. The summed E-state index contributed by atoms with van der Waals surface area (Å²) in [5.74, 6) is 0. The van der Waals surface area contributed by atoms with Crippen molar-refractivity contribution in [1.29, 1.82) is 0 Å². The first-order valence-corrected chi connectivity index (χ1v) is 11.2. The van der Waals surface area contributed by atoms with Crippen LogP contribution in [-0.4, -0.2) is 72.4 Å². The van der Waals surface area contributed by atoms with Crippen LogP contribution in [0.15, 0.2) is 40.2 Å². The summed E-state index contributed by atoms with van der Waals surface area (Å²) in [5, 5.41) is 11.5. The zero-order valence-corrected chi connectivity index (χ0v) is 19.2. The maximum atomic E-state index is 12.6. The molecule has 1 aliphatic heterocycles. The molecule has 3 aromatic rings. The molecule has 1 aromatic carbocycles. The number of β-amino-alcohol motifs (C(OH)–C–C–N with tert-alkyl or cyclic N) is 1. The van der Waals surface area contributed by atoms with E-state index in [1.54, 1.807) is 11.6 Å². The smallest absolute Gasteiger partial charge is 0.332 e. The Morgan fingerprint density at radius 1 is 1.03 bits per heavy atom. The highest BCUT2D eigenvalue weighted by Crippen LogP contribution is 2.18. The fourth-order valence-electron chi connectivity index (χ4n) is 4.35. The number of imidazole rings is 1. The van der Waals surface area contributed by atoms with Crippen molar-refractivity contribution in [2.75, 3.05) is 32.7 Å². The number of nitrogens with zero attached hydrogens (tertiary/aromatic N) is 6. The second kappa shape index (κ2) is 9.58. The zero-order chi connectivity index (χ0) is 22.8. The predicted octanol–water partition coefficient (Wildman–Crippen LogP) is 0.656. The van der Waals surface area contributed by atoms with Gasteiger partial charge >= 0.3 is 5.69 Å². The summed E-state index contributed by atoms with van der Waals surface area (Å²) in [7, 11) is 3.03. The van der Waals surface area contributed by atoms with Gasteiger partial charge in [-0.25, -0.2) is 9.78 Å². The fourth-order valence-corrected chi connectivity index (χ4v) is 4.55. The molecular formula is C22H29ClN6O3. The molecule has 1 fully saturated rings. The highest BCUT2D eigenvalue weighted by molar-refractivity contribution is 6.31. The minimum Gasteiger partial charge on any atom is -0.390 e. The lowest BCUT2D eigenvalue weighted by Crippen LogP contribution is -2.39. The third kappa shape index (κ3) is 4.66. The molecule has 1 N–H and O–H groups in total. The van der Waals surface area contributed by atoms with Crippen molar-refractivity contribution < 1.29 is 5.11 Å². The summed E-state index contributed by atoms with van der Waals surface area (Å²) in [5.41, 5.74) is 0.966. The molecule has 172 valence electrons. The van der Waals surface area contributed by atoms with E-state index in [2.05, 4.69) is 20.9 Å². The van der Waals surface area contributed by atoms with Crippen molar-refractivity contribution in [2.24, 2.45) is 14.1 Å². The van der Waals surface area contributed by atoms with Gasteiger partial charge in [-0.15, -0.1) is 0 Å². The van der Waals surface area contributed by atoms with Crippen LogP contribution in [0.3, 0.4) is 0 Å². The van der Waals surface area contributed by atoms with Gasteiger partial charge in [-0.05, 0) is 31.1 Å². The summed E-state index contributed by atoms with van der Waals surface area (Å²) in [6, 6.07) is 7.93. The van der Waals surface area contributed by atoms with E-state index >= 15 is 0 Å². The SMILES string of the molecule is Cn1c(=O)c2c(ncn2CC(O)CN2CCCN(Cc3ccccc3Cl)CC2)n(C)c1=O. The van der Waals surface area contributed by atoms with Gasteiger partial charge < -0.3 is 9.67 Å². The molecule has 9 nitrogen and oxygen atoms in total. The van der Waals surface area contributed by atoms with Crippen LogP contribution in [-0.2, 0) is 27.2 Å². The standard InChI is InChI=1S/C22H29ClN6O3/c1-25-20-19(21(31)26(2)22(25)32)29(15-24-20)14-17(30)13-28-9-5-8-27(10-11-28)12-16-6-3-4-7-18(16)23/h3-4,6-7,15,17,30H,5,8-14H2,1-2H3. The molecule has 32 heavy (non-hydrogen) atoms. The highest BCUT2D eigenvalue weighted by Gasteiger charge is 2.20. The third-order valence-electron chi connectivity index (χ3n) is 6.13.